The first-order valence-electron chi connectivity index (χ1n) is 2.98. The third-order valence-electron chi connectivity index (χ3n) is 0.844. The molecule has 0 spiro atoms. The molecule has 0 saturated carbocycles. The van der Waals surface area contributed by atoms with Gasteiger partial charge in [-0.05, 0) is 6.92 Å². The van der Waals surface area contributed by atoms with Crippen LogP contribution in [0.1, 0.15) is 23.1 Å². The monoisotopic (exact) mass is 168 g/mol. The van der Waals surface area contributed by atoms with Crippen LogP contribution >= 0.6 is 0 Å². The second-order valence-corrected chi connectivity index (χ2v) is 1.90. The average Bonchev–Trinajstić information content (AvgIpc) is 1.87. The van der Waals surface area contributed by atoms with Crippen LogP contribution in [0.4, 0.5) is 0 Å². The van der Waals surface area contributed by atoms with E-state index in [4.69, 9.17) is 0 Å². The predicted octanol–water partition coefficient (Wildman–Crippen LogP) is 0.886. The van der Waals surface area contributed by atoms with Crippen molar-refractivity contribution in [3.63, 3.8) is 0 Å². The zero-order chi connectivity index (χ0) is 8.15. The zero-order valence-corrected chi connectivity index (χ0v) is 8.26. The smallest absolute Gasteiger partial charge is 1.00 e. The maximum atomic E-state index is 10.6. The second kappa shape index (κ2) is 6.36. The first-order valence-corrected chi connectivity index (χ1v) is 2.98. The van der Waals surface area contributed by atoms with Crippen molar-refractivity contribution in [2.45, 2.75) is 20.3 Å². The summed E-state index contributed by atoms with van der Waals surface area (Å²) in [5, 5.41) is 0. The van der Waals surface area contributed by atoms with E-state index in [9.17, 15) is 9.59 Å². The molecule has 0 radical (unpaired) electrons. The number of hydrogen-bond acceptors (Lipinski definition) is 3. The molecule has 0 N–H and O–H groups in total. The van der Waals surface area contributed by atoms with E-state index in [1.54, 1.807) is 6.92 Å². The Balaban J connectivity index is -0.000000135. The number of esters is 2. The van der Waals surface area contributed by atoms with Crippen LogP contribution in [-0.2, 0) is 14.3 Å². The van der Waals surface area contributed by atoms with Crippen LogP contribution in [0.2, 0.25) is 0 Å². The van der Waals surface area contributed by atoms with Gasteiger partial charge in [0.05, 0.1) is 0 Å². The largest absolute Gasteiger partial charge is 2.00 e. The maximum absolute atomic E-state index is 10.6. The minimum absolute atomic E-state index is 0. The number of hydrogen-bond donors (Lipinski definition) is 0. The van der Waals surface area contributed by atoms with Crippen molar-refractivity contribution in [2.75, 3.05) is 0 Å². The van der Waals surface area contributed by atoms with E-state index < -0.39 is 11.9 Å². The SMILES string of the molecule is C=C(C)C(=O)OC(=O)CC.[H-].[H-].[Mg+2]. The van der Waals surface area contributed by atoms with Crippen LogP contribution in [0.25, 0.3) is 0 Å². The molecule has 0 aromatic carbocycles. The van der Waals surface area contributed by atoms with Gasteiger partial charge in [0.15, 0.2) is 0 Å². The summed E-state index contributed by atoms with van der Waals surface area (Å²) in [5.74, 6) is -1.17. The fourth-order valence-electron chi connectivity index (χ4n) is 0.263. The molecule has 0 aliphatic carbocycles. The normalized spacial score (nSPS) is 7.82. The van der Waals surface area contributed by atoms with Gasteiger partial charge < -0.3 is 7.59 Å². The van der Waals surface area contributed by atoms with Crippen molar-refractivity contribution >= 4 is 35.0 Å². The van der Waals surface area contributed by atoms with Gasteiger partial charge in [0.1, 0.15) is 0 Å². The molecule has 0 saturated heterocycles. The Morgan fingerprint density at radius 3 is 2.27 bits per heavy atom. The van der Waals surface area contributed by atoms with E-state index in [0.29, 0.717) is 0 Å². The Kier molecular flexibility index (Phi) is 7.66. The van der Waals surface area contributed by atoms with Crippen molar-refractivity contribution in [1.29, 1.82) is 0 Å². The number of carbonyl (C=O) groups is 2. The van der Waals surface area contributed by atoms with Crippen LogP contribution in [-0.4, -0.2) is 35.0 Å². The fraction of sp³-hybridized carbons (Fsp3) is 0.429. The van der Waals surface area contributed by atoms with Gasteiger partial charge in [0, 0.05) is 12.0 Å². The number of ether oxygens (including phenoxy) is 1. The van der Waals surface area contributed by atoms with Gasteiger partial charge in [-0.2, -0.15) is 0 Å². The molecule has 3 nitrogen and oxygen atoms in total. The van der Waals surface area contributed by atoms with Crippen molar-refractivity contribution in [1.82, 2.24) is 0 Å². The molecule has 0 aromatic heterocycles. The molecular formula is C7H12MgO3. The molecule has 0 aliphatic heterocycles. The predicted molar refractivity (Wildman–Crippen MR) is 44.2 cm³/mol. The summed E-state index contributed by atoms with van der Waals surface area (Å²) < 4.78 is 4.28. The number of rotatable bonds is 2. The third kappa shape index (κ3) is 6.06. The minimum atomic E-state index is -0.646. The van der Waals surface area contributed by atoms with E-state index in [2.05, 4.69) is 11.3 Å². The second-order valence-electron chi connectivity index (χ2n) is 1.90. The molecular weight excluding hydrogens is 156 g/mol. The van der Waals surface area contributed by atoms with Gasteiger partial charge in [0.2, 0.25) is 0 Å². The van der Waals surface area contributed by atoms with Crippen LogP contribution in [0.3, 0.4) is 0 Å². The molecule has 0 aromatic rings. The van der Waals surface area contributed by atoms with E-state index in [1.165, 1.54) is 6.92 Å². The first-order chi connectivity index (χ1) is 4.57. The van der Waals surface area contributed by atoms with E-state index >= 15 is 0 Å². The topological polar surface area (TPSA) is 43.4 Å². The summed E-state index contributed by atoms with van der Waals surface area (Å²) in [6.07, 6.45) is 0.207. The standard InChI is InChI=1S/C7H10O3.Mg.2H/c1-4-6(8)10-7(9)5(2)3;;;/h2,4H2,1,3H3;;;/q;+2;2*-1. The Morgan fingerprint density at radius 2 is 2.00 bits per heavy atom. The first kappa shape index (κ1) is 13.3. The molecule has 11 heavy (non-hydrogen) atoms. The van der Waals surface area contributed by atoms with Crippen molar-refractivity contribution in [3.8, 4) is 0 Å². The quantitative estimate of drug-likeness (QED) is 0.266. The molecule has 0 unspecified atom stereocenters. The molecule has 0 aliphatic rings. The third-order valence-corrected chi connectivity index (χ3v) is 0.844. The average molecular weight is 168 g/mol. The van der Waals surface area contributed by atoms with E-state index in [1.807, 2.05) is 0 Å². The zero-order valence-electron chi connectivity index (χ0n) is 8.85. The van der Waals surface area contributed by atoms with E-state index in [-0.39, 0.29) is 37.9 Å². The van der Waals surface area contributed by atoms with Crippen LogP contribution in [0.5, 0.6) is 0 Å². The van der Waals surface area contributed by atoms with Gasteiger partial charge >= 0.3 is 35.0 Å². The van der Waals surface area contributed by atoms with E-state index in [0.717, 1.165) is 0 Å². The fourth-order valence-corrected chi connectivity index (χ4v) is 0.263. The molecule has 4 heteroatoms. The Labute approximate surface area is 84.9 Å². The molecule has 0 rings (SSSR count). The van der Waals surface area contributed by atoms with Crippen molar-refractivity contribution in [3.05, 3.63) is 12.2 Å². The van der Waals surface area contributed by atoms with Gasteiger partial charge in [-0.25, -0.2) is 4.79 Å². The molecule has 60 valence electrons. The van der Waals surface area contributed by atoms with Crippen molar-refractivity contribution in [2.24, 2.45) is 0 Å². The molecule has 0 fully saturated rings. The summed E-state index contributed by atoms with van der Waals surface area (Å²) in [6.45, 7) is 6.43. The van der Waals surface area contributed by atoms with Crippen LogP contribution < -0.4 is 0 Å². The summed E-state index contributed by atoms with van der Waals surface area (Å²) in [4.78, 5) is 21.0. The summed E-state index contributed by atoms with van der Waals surface area (Å²) in [6, 6.07) is 0. The molecule has 0 bridgehead atoms. The Morgan fingerprint density at radius 1 is 1.55 bits per heavy atom. The van der Waals surface area contributed by atoms with Gasteiger partial charge in [-0.3, -0.25) is 4.79 Å². The number of carbonyl (C=O) groups excluding carboxylic acids is 2. The maximum Gasteiger partial charge on any atom is 2.00 e. The van der Waals surface area contributed by atoms with Crippen LogP contribution in [0.15, 0.2) is 12.2 Å². The van der Waals surface area contributed by atoms with Crippen molar-refractivity contribution < 1.29 is 17.2 Å². The Bertz CT molecular complexity index is 183. The molecule has 0 heterocycles. The van der Waals surface area contributed by atoms with Gasteiger partial charge in [-0.15, -0.1) is 0 Å². The minimum Gasteiger partial charge on any atom is -1.00 e. The molecule has 0 amide bonds. The summed E-state index contributed by atoms with van der Waals surface area (Å²) in [7, 11) is 0. The molecule has 0 atom stereocenters. The Hall–Kier alpha value is -0.354. The van der Waals surface area contributed by atoms with Gasteiger partial charge in [0.25, 0.3) is 0 Å². The summed E-state index contributed by atoms with van der Waals surface area (Å²) >= 11 is 0. The van der Waals surface area contributed by atoms with Crippen LogP contribution in [0, 0.1) is 0 Å². The summed E-state index contributed by atoms with van der Waals surface area (Å²) in [5.41, 5.74) is 0.238. The van der Waals surface area contributed by atoms with Gasteiger partial charge in [-0.1, -0.05) is 13.5 Å².